The van der Waals surface area contributed by atoms with E-state index >= 15 is 0 Å². The lowest BCUT2D eigenvalue weighted by atomic mass is 9.68. The molecule has 1 aromatic carbocycles. The minimum atomic E-state index is -1.73. The number of nitrogens with zero attached hydrogens (tertiary/aromatic N) is 2. The van der Waals surface area contributed by atoms with E-state index in [4.69, 9.17) is 15.2 Å². The highest BCUT2D eigenvalue weighted by Crippen LogP contribution is 2.54. The van der Waals surface area contributed by atoms with E-state index in [2.05, 4.69) is 6.58 Å². The van der Waals surface area contributed by atoms with Crippen molar-refractivity contribution in [1.29, 1.82) is 5.26 Å². The van der Waals surface area contributed by atoms with Crippen molar-refractivity contribution in [3.05, 3.63) is 65.3 Å². The summed E-state index contributed by atoms with van der Waals surface area (Å²) in [6.45, 7) is 10.6. The maximum absolute atomic E-state index is 13.8. The molecule has 7 heteroatoms. The third-order valence-electron chi connectivity index (χ3n) is 4.80. The number of hydrogen-bond acceptors (Lipinski definition) is 6. The van der Waals surface area contributed by atoms with Crippen molar-refractivity contribution in [3.63, 3.8) is 0 Å². The van der Waals surface area contributed by atoms with E-state index in [0.717, 1.165) is 0 Å². The Balaban J connectivity index is 2.38. The Kier molecular flexibility index (Phi) is 4.75. The van der Waals surface area contributed by atoms with Gasteiger partial charge in [0.05, 0.1) is 0 Å². The number of nitrogens with two attached hydrogens (primary N) is 1. The quantitative estimate of drug-likeness (QED) is 0.625. The number of benzene rings is 1. The second-order valence-electron chi connectivity index (χ2n) is 7.86. The van der Waals surface area contributed by atoms with Crippen molar-refractivity contribution in [3.8, 4) is 6.07 Å². The summed E-state index contributed by atoms with van der Waals surface area (Å²) in [6, 6.07) is 9.00. The van der Waals surface area contributed by atoms with Crippen LogP contribution in [0.2, 0.25) is 0 Å². The minimum Gasteiger partial charge on any atom is -0.456 e. The first-order valence-electron chi connectivity index (χ1n) is 9.14. The fourth-order valence-electron chi connectivity index (χ4n) is 3.85. The number of fused-ring (bicyclic) bond motifs is 2. The molecule has 0 fully saturated rings. The molecule has 0 aromatic heterocycles. The molecular weight excluding hydrogens is 370 g/mol. The molecule has 1 spiro atoms. The Bertz CT molecular complexity index is 1020. The van der Waals surface area contributed by atoms with Gasteiger partial charge in [-0.2, -0.15) is 5.26 Å². The first kappa shape index (κ1) is 20.2. The maximum atomic E-state index is 13.8. The molecule has 1 atom stereocenters. The van der Waals surface area contributed by atoms with Crippen LogP contribution in [0.25, 0.3) is 0 Å². The number of rotatable bonds is 3. The van der Waals surface area contributed by atoms with Crippen molar-refractivity contribution >= 4 is 17.6 Å². The molecule has 0 unspecified atom stereocenters. The lowest BCUT2D eigenvalue weighted by Crippen LogP contribution is -2.49. The van der Waals surface area contributed by atoms with E-state index in [1.807, 2.05) is 6.07 Å². The van der Waals surface area contributed by atoms with Gasteiger partial charge in [0, 0.05) is 17.8 Å². The average molecular weight is 393 g/mol. The molecule has 0 saturated carbocycles. The molecule has 1 amide bonds. The van der Waals surface area contributed by atoms with Crippen molar-refractivity contribution in [2.24, 2.45) is 5.73 Å². The highest BCUT2D eigenvalue weighted by Gasteiger charge is 2.62. The predicted octanol–water partition coefficient (Wildman–Crippen LogP) is 2.80. The van der Waals surface area contributed by atoms with Crippen LogP contribution >= 0.6 is 0 Å². The topological polar surface area (TPSA) is 106 Å². The molecule has 2 aliphatic heterocycles. The second-order valence-corrected chi connectivity index (χ2v) is 7.86. The number of carbonyl (C=O) groups excluding carboxylic acids is 2. The van der Waals surface area contributed by atoms with Crippen molar-refractivity contribution in [2.75, 3.05) is 11.4 Å². The zero-order valence-electron chi connectivity index (χ0n) is 16.9. The van der Waals surface area contributed by atoms with Gasteiger partial charge in [-0.1, -0.05) is 24.3 Å². The standard InChI is InChI=1S/C22H23N3O4/c1-6-11-25-16-10-8-7-9-14(16)22(20(25)27)15(12-23)18(24)28-13(2)17(22)19(26)29-21(3,4)5/h6-10H,1,11,24H2,2-5H3/t22-/m1/s1. The van der Waals surface area contributed by atoms with Crippen LogP contribution in [0.1, 0.15) is 33.3 Å². The molecule has 0 saturated heterocycles. The molecule has 29 heavy (non-hydrogen) atoms. The van der Waals surface area contributed by atoms with Gasteiger partial charge in [-0.05, 0) is 33.8 Å². The fourth-order valence-corrected chi connectivity index (χ4v) is 3.85. The van der Waals surface area contributed by atoms with E-state index in [9.17, 15) is 14.9 Å². The van der Waals surface area contributed by atoms with E-state index in [0.29, 0.717) is 11.3 Å². The van der Waals surface area contributed by atoms with E-state index in [1.165, 1.54) is 11.8 Å². The summed E-state index contributed by atoms with van der Waals surface area (Å²) in [6.07, 6.45) is 1.58. The molecule has 3 rings (SSSR count). The van der Waals surface area contributed by atoms with Crippen LogP contribution in [0.4, 0.5) is 5.69 Å². The van der Waals surface area contributed by atoms with Crippen LogP contribution in [-0.4, -0.2) is 24.0 Å². The smallest absolute Gasteiger partial charge is 0.339 e. The van der Waals surface area contributed by atoms with Gasteiger partial charge < -0.3 is 20.1 Å². The summed E-state index contributed by atoms with van der Waals surface area (Å²) >= 11 is 0. The monoisotopic (exact) mass is 393 g/mol. The molecule has 150 valence electrons. The largest absolute Gasteiger partial charge is 0.456 e. The summed E-state index contributed by atoms with van der Waals surface area (Å²) in [4.78, 5) is 28.5. The SMILES string of the molecule is C=CCN1C(=O)[C@@]2(C(C#N)=C(N)OC(C)=C2C(=O)OC(C)(C)C)c2ccccc21. The van der Waals surface area contributed by atoms with Gasteiger partial charge >= 0.3 is 5.97 Å². The zero-order valence-corrected chi connectivity index (χ0v) is 16.9. The van der Waals surface area contributed by atoms with Gasteiger partial charge in [0.25, 0.3) is 0 Å². The number of esters is 1. The Labute approximate surface area is 169 Å². The molecule has 0 aliphatic carbocycles. The van der Waals surface area contributed by atoms with Gasteiger partial charge in [0.1, 0.15) is 28.6 Å². The summed E-state index contributed by atoms with van der Waals surface area (Å²) in [5, 5.41) is 9.93. The Morgan fingerprint density at radius 1 is 1.41 bits per heavy atom. The molecule has 0 radical (unpaired) electrons. The number of nitriles is 1. The molecule has 2 aliphatic rings. The molecule has 0 bridgehead atoms. The van der Waals surface area contributed by atoms with E-state index in [-0.39, 0.29) is 29.3 Å². The highest BCUT2D eigenvalue weighted by molar-refractivity contribution is 6.18. The Morgan fingerprint density at radius 2 is 2.07 bits per heavy atom. The number of allylic oxidation sites excluding steroid dienone is 1. The van der Waals surface area contributed by atoms with Crippen LogP contribution in [0, 0.1) is 11.3 Å². The number of anilines is 1. The maximum Gasteiger partial charge on any atom is 0.339 e. The number of para-hydroxylation sites is 1. The van der Waals surface area contributed by atoms with Crippen molar-refractivity contribution in [2.45, 2.75) is 38.7 Å². The van der Waals surface area contributed by atoms with E-state index in [1.54, 1.807) is 51.1 Å². The highest BCUT2D eigenvalue weighted by atomic mass is 16.6. The Morgan fingerprint density at radius 3 is 2.66 bits per heavy atom. The van der Waals surface area contributed by atoms with Gasteiger partial charge in [0.2, 0.25) is 11.8 Å². The lowest BCUT2D eigenvalue weighted by molar-refractivity contribution is -0.151. The first-order valence-corrected chi connectivity index (χ1v) is 9.14. The number of carbonyl (C=O) groups is 2. The van der Waals surface area contributed by atoms with Crippen molar-refractivity contribution in [1.82, 2.24) is 0 Å². The van der Waals surface area contributed by atoms with Crippen molar-refractivity contribution < 1.29 is 19.1 Å². The number of ether oxygens (including phenoxy) is 2. The van der Waals surface area contributed by atoms with Gasteiger partial charge in [0.15, 0.2) is 5.41 Å². The third-order valence-corrected chi connectivity index (χ3v) is 4.80. The predicted molar refractivity (Wildman–Crippen MR) is 107 cm³/mol. The van der Waals surface area contributed by atoms with Gasteiger partial charge in [-0.15, -0.1) is 6.58 Å². The Hall–Kier alpha value is -3.53. The molecular formula is C22H23N3O4. The van der Waals surface area contributed by atoms with Crippen LogP contribution in [0.15, 0.2) is 59.7 Å². The molecule has 7 nitrogen and oxygen atoms in total. The second kappa shape index (κ2) is 6.82. The van der Waals surface area contributed by atoms with Gasteiger partial charge in [-0.3, -0.25) is 4.79 Å². The zero-order chi connectivity index (χ0) is 21.6. The fraction of sp³-hybridized carbons (Fsp3) is 0.318. The summed E-state index contributed by atoms with van der Waals surface area (Å²) < 4.78 is 11.1. The summed E-state index contributed by atoms with van der Waals surface area (Å²) in [5.74, 6) is -1.29. The van der Waals surface area contributed by atoms with E-state index < -0.39 is 22.9 Å². The summed E-state index contributed by atoms with van der Waals surface area (Å²) in [7, 11) is 0. The van der Waals surface area contributed by atoms with Crippen LogP contribution in [0.5, 0.6) is 0 Å². The van der Waals surface area contributed by atoms with Crippen LogP contribution in [-0.2, 0) is 24.5 Å². The number of hydrogen-bond donors (Lipinski definition) is 1. The summed E-state index contributed by atoms with van der Waals surface area (Å²) in [5.41, 5.74) is 4.36. The van der Waals surface area contributed by atoms with Crippen LogP contribution in [0.3, 0.4) is 0 Å². The first-order chi connectivity index (χ1) is 13.6. The lowest BCUT2D eigenvalue weighted by Gasteiger charge is -2.35. The average Bonchev–Trinajstić information content (AvgIpc) is 2.84. The minimum absolute atomic E-state index is 0.0396. The van der Waals surface area contributed by atoms with Crippen LogP contribution < -0.4 is 10.6 Å². The number of amides is 1. The molecule has 2 heterocycles. The molecule has 1 aromatic rings. The third kappa shape index (κ3) is 2.88. The normalized spacial score (nSPS) is 21.1. The molecule has 2 N–H and O–H groups in total. The van der Waals surface area contributed by atoms with Gasteiger partial charge in [-0.25, -0.2) is 4.79 Å².